The van der Waals surface area contributed by atoms with Gasteiger partial charge < -0.3 is 10.5 Å². The molecule has 0 fully saturated rings. The molecule has 16 heavy (non-hydrogen) atoms. The molecule has 0 aliphatic carbocycles. The van der Waals surface area contributed by atoms with Crippen molar-refractivity contribution in [3.63, 3.8) is 0 Å². The predicted octanol–water partition coefficient (Wildman–Crippen LogP) is 2.34. The van der Waals surface area contributed by atoms with E-state index in [-0.39, 0.29) is 0 Å². The third-order valence-corrected chi connectivity index (χ3v) is 1.78. The number of hydrogen-bond acceptors (Lipinski definition) is 3. The lowest BCUT2D eigenvalue weighted by molar-refractivity contribution is -0.155. The van der Waals surface area contributed by atoms with Crippen LogP contribution in [0.2, 0.25) is 0 Å². The maximum Gasteiger partial charge on any atom is 0.328 e. The molecule has 0 spiro atoms. The summed E-state index contributed by atoms with van der Waals surface area (Å²) in [5, 5.41) is 0. The molecule has 0 bridgehead atoms. The summed E-state index contributed by atoms with van der Waals surface area (Å²) in [5.74, 6) is -0.422. The number of nitrogens with two attached hydrogens (primary N) is 1. The van der Waals surface area contributed by atoms with Crippen molar-refractivity contribution < 1.29 is 9.53 Å². The molecule has 1 atom stereocenters. The van der Waals surface area contributed by atoms with Crippen molar-refractivity contribution in [2.75, 3.05) is 0 Å². The summed E-state index contributed by atoms with van der Waals surface area (Å²) < 4.78 is 5.20. The van der Waals surface area contributed by atoms with Crippen LogP contribution in [0.3, 0.4) is 0 Å². The van der Waals surface area contributed by atoms with Crippen molar-refractivity contribution in [2.24, 2.45) is 5.73 Å². The summed E-state index contributed by atoms with van der Waals surface area (Å²) in [6, 6.07) is -0.750. The van der Waals surface area contributed by atoms with Crippen molar-refractivity contribution in [3.05, 3.63) is 36.5 Å². The van der Waals surface area contributed by atoms with Gasteiger partial charge in [-0.05, 0) is 33.3 Å². The standard InChI is InChI=1S/C13H21NO2/c1-6-8-9-10(7-2)11(14)12(15)16-13(3,4)5/h6-9,11H,1,14H2,2-5H3. The predicted molar refractivity (Wildman–Crippen MR) is 66.9 cm³/mol. The molecule has 0 saturated carbocycles. The van der Waals surface area contributed by atoms with E-state index in [1.54, 1.807) is 24.3 Å². The first-order valence-electron chi connectivity index (χ1n) is 5.25. The van der Waals surface area contributed by atoms with E-state index >= 15 is 0 Å². The van der Waals surface area contributed by atoms with Crippen LogP contribution in [0.15, 0.2) is 36.5 Å². The minimum absolute atomic E-state index is 0.422. The highest BCUT2D eigenvalue weighted by Crippen LogP contribution is 2.11. The Morgan fingerprint density at radius 3 is 2.38 bits per heavy atom. The van der Waals surface area contributed by atoms with Crippen molar-refractivity contribution >= 4 is 5.97 Å². The molecular formula is C13H21NO2. The molecule has 0 aromatic heterocycles. The molecule has 90 valence electrons. The Morgan fingerprint density at radius 1 is 1.44 bits per heavy atom. The van der Waals surface area contributed by atoms with Crippen LogP contribution in [0.5, 0.6) is 0 Å². The molecule has 1 unspecified atom stereocenters. The maximum absolute atomic E-state index is 11.7. The zero-order valence-corrected chi connectivity index (χ0v) is 10.5. The molecule has 0 aliphatic heterocycles. The second kappa shape index (κ2) is 6.28. The lowest BCUT2D eigenvalue weighted by Crippen LogP contribution is -2.38. The van der Waals surface area contributed by atoms with Gasteiger partial charge in [0.2, 0.25) is 0 Å². The minimum atomic E-state index is -0.750. The maximum atomic E-state index is 11.7. The molecule has 2 N–H and O–H groups in total. The Labute approximate surface area is 97.7 Å². The lowest BCUT2D eigenvalue weighted by Gasteiger charge is -2.22. The fourth-order valence-electron chi connectivity index (χ4n) is 1.06. The molecule has 0 saturated heterocycles. The SMILES string of the molecule is C=CC=CC(=CC)C(N)C(=O)OC(C)(C)C. The first-order valence-corrected chi connectivity index (χ1v) is 5.25. The van der Waals surface area contributed by atoms with Crippen LogP contribution in [0, 0.1) is 0 Å². The molecule has 0 aromatic carbocycles. The summed E-state index contributed by atoms with van der Waals surface area (Å²) in [6.07, 6.45) is 6.90. The monoisotopic (exact) mass is 223 g/mol. The lowest BCUT2D eigenvalue weighted by atomic mass is 10.1. The molecule has 0 radical (unpaired) electrons. The summed E-state index contributed by atoms with van der Waals surface area (Å²) in [7, 11) is 0. The van der Waals surface area contributed by atoms with Gasteiger partial charge in [0, 0.05) is 0 Å². The van der Waals surface area contributed by atoms with E-state index in [1.807, 2.05) is 27.7 Å². The molecule has 3 heteroatoms. The third kappa shape index (κ3) is 5.51. The van der Waals surface area contributed by atoms with Crippen molar-refractivity contribution in [1.29, 1.82) is 0 Å². The van der Waals surface area contributed by atoms with Crippen LogP contribution >= 0.6 is 0 Å². The number of carbonyl (C=O) groups is 1. The van der Waals surface area contributed by atoms with E-state index in [2.05, 4.69) is 6.58 Å². The van der Waals surface area contributed by atoms with Gasteiger partial charge in [-0.1, -0.05) is 30.9 Å². The highest BCUT2D eigenvalue weighted by Gasteiger charge is 2.23. The number of esters is 1. The Kier molecular flexibility index (Phi) is 5.75. The van der Waals surface area contributed by atoms with E-state index < -0.39 is 17.6 Å². The Hall–Kier alpha value is -1.35. The van der Waals surface area contributed by atoms with E-state index in [0.29, 0.717) is 5.57 Å². The van der Waals surface area contributed by atoms with Crippen LogP contribution in [0.1, 0.15) is 27.7 Å². The number of carbonyl (C=O) groups excluding carboxylic acids is 1. The highest BCUT2D eigenvalue weighted by molar-refractivity contribution is 5.80. The largest absolute Gasteiger partial charge is 0.459 e. The molecular weight excluding hydrogens is 202 g/mol. The second-order valence-electron chi connectivity index (χ2n) is 4.39. The first-order chi connectivity index (χ1) is 7.31. The Morgan fingerprint density at radius 2 is 2.00 bits per heavy atom. The van der Waals surface area contributed by atoms with Gasteiger partial charge in [-0.15, -0.1) is 0 Å². The number of ether oxygens (including phenoxy) is 1. The third-order valence-electron chi connectivity index (χ3n) is 1.78. The van der Waals surface area contributed by atoms with Crippen LogP contribution in [0.4, 0.5) is 0 Å². The molecule has 0 amide bonds. The topological polar surface area (TPSA) is 52.3 Å². The van der Waals surface area contributed by atoms with Gasteiger partial charge in [0.15, 0.2) is 0 Å². The molecule has 0 heterocycles. The molecule has 3 nitrogen and oxygen atoms in total. The molecule has 0 rings (SSSR count). The average Bonchev–Trinajstić information content (AvgIpc) is 2.16. The zero-order valence-electron chi connectivity index (χ0n) is 10.5. The van der Waals surface area contributed by atoms with Gasteiger partial charge in [-0.2, -0.15) is 0 Å². The number of hydrogen-bond donors (Lipinski definition) is 1. The minimum Gasteiger partial charge on any atom is -0.459 e. The first kappa shape index (κ1) is 14.6. The number of rotatable bonds is 4. The smallest absolute Gasteiger partial charge is 0.328 e. The highest BCUT2D eigenvalue weighted by atomic mass is 16.6. The van der Waals surface area contributed by atoms with Gasteiger partial charge in [-0.25, -0.2) is 4.79 Å². The van der Waals surface area contributed by atoms with E-state index in [9.17, 15) is 4.79 Å². The quantitative estimate of drug-likeness (QED) is 0.588. The summed E-state index contributed by atoms with van der Waals surface area (Å²) >= 11 is 0. The van der Waals surface area contributed by atoms with Crippen molar-refractivity contribution in [3.8, 4) is 0 Å². The van der Waals surface area contributed by atoms with Gasteiger partial charge in [0.1, 0.15) is 11.6 Å². The van der Waals surface area contributed by atoms with E-state index in [4.69, 9.17) is 10.5 Å². The van der Waals surface area contributed by atoms with Crippen LogP contribution in [-0.4, -0.2) is 17.6 Å². The van der Waals surface area contributed by atoms with Gasteiger partial charge in [-0.3, -0.25) is 0 Å². The van der Waals surface area contributed by atoms with Gasteiger partial charge in [0.05, 0.1) is 0 Å². The molecule has 0 aromatic rings. The van der Waals surface area contributed by atoms with Crippen LogP contribution in [0.25, 0.3) is 0 Å². The van der Waals surface area contributed by atoms with Crippen molar-refractivity contribution in [2.45, 2.75) is 39.3 Å². The summed E-state index contributed by atoms with van der Waals surface area (Å²) in [5.41, 5.74) is 5.99. The zero-order chi connectivity index (χ0) is 12.8. The molecule has 0 aliphatic rings. The average molecular weight is 223 g/mol. The van der Waals surface area contributed by atoms with E-state index in [1.165, 1.54) is 0 Å². The van der Waals surface area contributed by atoms with Crippen LogP contribution < -0.4 is 5.73 Å². The van der Waals surface area contributed by atoms with Crippen molar-refractivity contribution in [1.82, 2.24) is 0 Å². The van der Waals surface area contributed by atoms with Crippen LogP contribution in [-0.2, 0) is 9.53 Å². The second-order valence-corrected chi connectivity index (χ2v) is 4.39. The van der Waals surface area contributed by atoms with E-state index in [0.717, 1.165) is 0 Å². The van der Waals surface area contributed by atoms with Gasteiger partial charge in [0.25, 0.3) is 0 Å². The van der Waals surface area contributed by atoms with Gasteiger partial charge >= 0.3 is 5.97 Å². The fourth-order valence-corrected chi connectivity index (χ4v) is 1.06. The summed E-state index contributed by atoms with van der Waals surface area (Å²) in [4.78, 5) is 11.7. The number of allylic oxidation sites excluding steroid dienone is 3. The fraction of sp³-hybridized carbons (Fsp3) is 0.462. The normalized spacial score (nSPS) is 14.9. The Balaban J connectivity index is 4.64. The Bertz CT molecular complexity index is 308. The summed E-state index contributed by atoms with van der Waals surface area (Å²) in [6.45, 7) is 10.8.